The van der Waals surface area contributed by atoms with Crippen LogP contribution in [0.2, 0.25) is 0 Å². The zero-order valence-corrected chi connectivity index (χ0v) is 15.9. The maximum atomic E-state index is 13.4. The molecule has 0 N–H and O–H groups in total. The lowest BCUT2D eigenvalue weighted by molar-refractivity contribution is -0.161. The first kappa shape index (κ1) is 18.2. The molecule has 2 aromatic rings. The molecule has 0 aromatic heterocycles. The first-order valence-electron chi connectivity index (χ1n) is 9.44. The van der Waals surface area contributed by atoms with Gasteiger partial charge < -0.3 is 9.64 Å². The Balaban J connectivity index is 1.89. The zero-order valence-electron chi connectivity index (χ0n) is 15.9. The Morgan fingerprint density at radius 3 is 2.46 bits per heavy atom. The van der Waals surface area contributed by atoms with Gasteiger partial charge in [-0.2, -0.15) is 0 Å². The van der Waals surface area contributed by atoms with E-state index in [0.717, 1.165) is 5.56 Å². The van der Waals surface area contributed by atoms with E-state index in [1.807, 2.05) is 30.3 Å². The van der Waals surface area contributed by atoms with Crippen LogP contribution in [0.15, 0.2) is 54.6 Å². The molecule has 1 saturated heterocycles. The Labute approximate surface area is 163 Å². The van der Waals surface area contributed by atoms with Gasteiger partial charge in [0.05, 0.1) is 17.4 Å². The van der Waals surface area contributed by atoms with Gasteiger partial charge in [0.15, 0.2) is 0 Å². The first-order chi connectivity index (χ1) is 13.4. The highest BCUT2D eigenvalue weighted by atomic mass is 16.5. The molecule has 2 aliphatic heterocycles. The molecule has 0 radical (unpaired) electrons. The normalized spacial score (nSPS) is 21.0. The maximum absolute atomic E-state index is 13.4. The molecule has 4 rings (SSSR count). The van der Waals surface area contributed by atoms with Gasteiger partial charge in [-0.05, 0) is 31.5 Å². The van der Waals surface area contributed by atoms with Crippen LogP contribution in [-0.2, 0) is 20.9 Å². The monoisotopic (exact) mass is 378 g/mol. The summed E-state index contributed by atoms with van der Waals surface area (Å²) in [6, 6.07) is 16.4. The van der Waals surface area contributed by atoms with E-state index in [1.54, 1.807) is 38.1 Å². The highest BCUT2D eigenvalue weighted by Gasteiger charge is 2.62. The topological polar surface area (TPSA) is 66.9 Å². The third-order valence-electron chi connectivity index (χ3n) is 5.23. The lowest BCUT2D eigenvalue weighted by Gasteiger charge is -2.48. The number of ether oxygens (including phenoxy) is 1. The molecule has 0 saturated carbocycles. The van der Waals surface area contributed by atoms with E-state index in [-0.39, 0.29) is 37.3 Å². The third-order valence-corrected chi connectivity index (χ3v) is 5.23. The summed E-state index contributed by atoms with van der Waals surface area (Å²) in [7, 11) is 0. The number of hydrogen-bond donors (Lipinski definition) is 0. The number of fused-ring (bicyclic) bond motifs is 3. The van der Waals surface area contributed by atoms with Crippen molar-refractivity contribution in [2.24, 2.45) is 0 Å². The van der Waals surface area contributed by atoms with Gasteiger partial charge in [-0.1, -0.05) is 42.5 Å². The number of amides is 2. The summed E-state index contributed by atoms with van der Waals surface area (Å²) in [5.74, 6) is -1.02. The Kier molecular flexibility index (Phi) is 4.41. The van der Waals surface area contributed by atoms with Crippen LogP contribution in [-0.4, -0.2) is 34.5 Å². The summed E-state index contributed by atoms with van der Waals surface area (Å²) in [6.45, 7) is 3.73. The van der Waals surface area contributed by atoms with E-state index in [4.69, 9.17) is 4.74 Å². The van der Waals surface area contributed by atoms with Crippen LogP contribution in [0.4, 0.5) is 5.69 Å². The predicted molar refractivity (Wildman–Crippen MR) is 103 cm³/mol. The van der Waals surface area contributed by atoms with Gasteiger partial charge in [0.1, 0.15) is 0 Å². The van der Waals surface area contributed by atoms with Crippen LogP contribution < -0.4 is 4.90 Å². The number of esters is 1. The molecule has 28 heavy (non-hydrogen) atoms. The summed E-state index contributed by atoms with van der Waals surface area (Å²) in [4.78, 5) is 42.6. The second-order valence-corrected chi connectivity index (χ2v) is 7.39. The summed E-state index contributed by atoms with van der Waals surface area (Å²) in [5, 5.41) is 0. The second kappa shape index (κ2) is 6.78. The van der Waals surface area contributed by atoms with Crippen molar-refractivity contribution in [2.75, 3.05) is 4.90 Å². The molecule has 0 aliphatic carbocycles. The molecule has 1 fully saturated rings. The molecule has 6 heteroatoms. The number of benzene rings is 2. The zero-order chi connectivity index (χ0) is 19.9. The van der Waals surface area contributed by atoms with Crippen LogP contribution in [0, 0.1) is 0 Å². The van der Waals surface area contributed by atoms with Crippen LogP contribution in [0.25, 0.3) is 0 Å². The summed E-state index contributed by atoms with van der Waals surface area (Å²) in [6.07, 6.45) is 0.0370. The van der Waals surface area contributed by atoms with Crippen LogP contribution in [0.1, 0.15) is 42.6 Å². The largest absolute Gasteiger partial charge is 0.460 e. The molecule has 0 spiro atoms. The molecule has 6 nitrogen and oxygen atoms in total. The molecule has 0 bridgehead atoms. The number of rotatable bonds is 4. The van der Waals surface area contributed by atoms with Crippen molar-refractivity contribution in [3.63, 3.8) is 0 Å². The van der Waals surface area contributed by atoms with E-state index >= 15 is 0 Å². The molecular formula is C22H22N2O4. The number of carbonyl (C=O) groups excluding carboxylic acids is 3. The fraction of sp³-hybridized carbons (Fsp3) is 0.318. The predicted octanol–water partition coefficient (Wildman–Crippen LogP) is 3.12. The highest BCUT2D eigenvalue weighted by Crippen LogP contribution is 2.45. The molecular weight excluding hydrogens is 356 g/mol. The molecule has 2 heterocycles. The molecule has 2 aromatic carbocycles. The Hall–Kier alpha value is -3.15. The minimum absolute atomic E-state index is 0.181. The van der Waals surface area contributed by atoms with E-state index in [2.05, 4.69) is 0 Å². The van der Waals surface area contributed by atoms with E-state index in [1.165, 1.54) is 9.80 Å². The SMILES string of the molecule is CC(C)OC(=O)C12CCC(=O)N1c1ccccc1C(=O)N2Cc1ccccc1. The smallest absolute Gasteiger partial charge is 0.354 e. The fourth-order valence-electron chi connectivity index (χ4n) is 4.04. The molecule has 144 valence electrons. The standard InChI is InChI=1S/C22H22N2O4/c1-15(2)28-21(27)22-13-12-19(25)24(22)18-11-7-6-10-17(18)20(26)23(22)14-16-8-4-3-5-9-16/h3-11,15H,12-14H2,1-2H3. The Morgan fingerprint density at radius 2 is 1.75 bits per heavy atom. The molecule has 2 aliphatic rings. The molecule has 1 unspecified atom stereocenters. The lowest BCUT2D eigenvalue weighted by Crippen LogP contribution is -2.68. The Bertz CT molecular complexity index is 941. The van der Waals surface area contributed by atoms with Crippen molar-refractivity contribution in [1.82, 2.24) is 4.90 Å². The van der Waals surface area contributed by atoms with Crippen LogP contribution in [0.3, 0.4) is 0 Å². The van der Waals surface area contributed by atoms with Gasteiger partial charge in [-0.3, -0.25) is 14.5 Å². The highest BCUT2D eigenvalue weighted by molar-refractivity contribution is 6.15. The second-order valence-electron chi connectivity index (χ2n) is 7.39. The summed E-state index contributed by atoms with van der Waals surface area (Å²) < 4.78 is 5.55. The van der Waals surface area contributed by atoms with Crippen molar-refractivity contribution >= 4 is 23.5 Å². The maximum Gasteiger partial charge on any atom is 0.354 e. The van der Waals surface area contributed by atoms with Gasteiger partial charge in [0, 0.05) is 19.4 Å². The number of nitrogens with zero attached hydrogens (tertiary/aromatic N) is 2. The van der Waals surface area contributed by atoms with Gasteiger partial charge in [0.25, 0.3) is 5.91 Å². The van der Waals surface area contributed by atoms with E-state index in [0.29, 0.717) is 11.3 Å². The van der Waals surface area contributed by atoms with Crippen molar-refractivity contribution in [1.29, 1.82) is 0 Å². The van der Waals surface area contributed by atoms with Crippen LogP contribution >= 0.6 is 0 Å². The lowest BCUT2D eigenvalue weighted by atomic mass is 9.95. The minimum Gasteiger partial charge on any atom is -0.460 e. The average Bonchev–Trinajstić information content (AvgIpc) is 3.04. The van der Waals surface area contributed by atoms with Crippen LogP contribution in [0.5, 0.6) is 0 Å². The van der Waals surface area contributed by atoms with Crippen molar-refractivity contribution in [3.8, 4) is 0 Å². The first-order valence-corrected chi connectivity index (χ1v) is 9.44. The number of hydrogen-bond acceptors (Lipinski definition) is 4. The van der Waals surface area contributed by atoms with E-state index < -0.39 is 11.6 Å². The van der Waals surface area contributed by atoms with Crippen molar-refractivity contribution < 1.29 is 19.1 Å². The number of carbonyl (C=O) groups is 3. The van der Waals surface area contributed by atoms with Gasteiger partial charge in [-0.15, -0.1) is 0 Å². The minimum atomic E-state index is -1.46. The van der Waals surface area contributed by atoms with E-state index in [9.17, 15) is 14.4 Å². The fourth-order valence-corrected chi connectivity index (χ4v) is 4.04. The van der Waals surface area contributed by atoms with Crippen molar-refractivity contribution in [2.45, 2.75) is 45.0 Å². The molecule has 2 amide bonds. The van der Waals surface area contributed by atoms with Gasteiger partial charge in [0.2, 0.25) is 11.6 Å². The summed E-state index contributed by atoms with van der Waals surface area (Å²) in [5.41, 5.74) is 0.316. The van der Waals surface area contributed by atoms with Crippen molar-refractivity contribution in [3.05, 3.63) is 65.7 Å². The average molecular weight is 378 g/mol. The summed E-state index contributed by atoms with van der Waals surface area (Å²) >= 11 is 0. The molecule has 1 atom stereocenters. The third kappa shape index (κ3) is 2.68. The number of anilines is 1. The Morgan fingerprint density at radius 1 is 1.07 bits per heavy atom. The van der Waals surface area contributed by atoms with Gasteiger partial charge >= 0.3 is 5.97 Å². The van der Waals surface area contributed by atoms with Gasteiger partial charge in [-0.25, -0.2) is 4.79 Å². The number of para-hydroxylation sites is 1. The quantitative estimate of drug-likeness (QED) is 0.767.